The highest BCUT2D eigenvalue weighted by Crippen LogP contribution is 2.28. The van der Waals surface area contributed by atoms with Gasteiger partial charge in [0.05, 0.1) is 20.3 Å². The van der Waals surface area contributed by atoms with Crippen LogP contribution in [0.15, 0.2) is 18.2 Å². The summed E-state index contributed by atoms with van der Waals surface area (Å²) < 4.78 is 10.1. The van der Waals surface area contributed by atoms with Crippen LogP contribution < -0.4 is 9.47 Å². The molecule has 2 atom stereocenters. The molecule has 0 aliphatic rings. The van der Waals surface area contributed by atoms with Crippen molar-refractivity contribution >= 4 is 0 Å². The van der Waals surface area contributed by atoms with Crippen molar-refractivity contribution in [3.8, 4) is 11.5 Å². The summed E-state index contributed by atoms with van der Waals surface area (Å²) in [6.45, 7) is -0.181. The Labute approximate surface area is 100 Å². The third kappa shape index (κ3) is 3.59. The van der Waals surface area contributed by atoms with Gasteiger partial charge in [-0.05, 0) is 24.1 Å². The highest BCUT2D eigenvalue weighted by atomic mass is 16.5. The summed E-state index contributed by atoms with van der Waals surface area (Å²) in [6, 6.07) is 4.91. The molecule has 0 radical (unpaired) electrons. The second kappa shape index (κ2) is 6.44. The van der Waals surface area contributed by atoms with Gasteiger partial charge in [0.2, 0.25) is 0 Å². The molecule has 0 amide bonds. The number of hydrogen-bond donors (Lipinski definition) is 3. The van der Waals surface area contributed by atoms with E-state index in [1.54, 1.807) is 18.2 Å². The van der Waals surface area contributed by atoms with E-state index in [2.05, 4.69) is 0 Å². The number of aliphatic hydroxyl groups excluding tert-OH is 3. The van der Waals surface area contributed by atoms with Crippen LogP contribution in [0.25, 0.3) is 0 Å². The summed E-state index contributed by atoms with van der Waals surface area (Å²) in [6.07, 6.45) is -1.98. The second-order valence-electron chi connectivity index (χ2n) is 3.67. The van der Waals surface area contributed by atoms with E-state index in [0.717, 1.165) is 0 Å². The van der Waals surface area contributed by atoms with Crippen molar-refractivity contribution in [1.29, 1.82) is 0 Å². The SMILES string of the molecule is COc1cc(OC)cc(C(O)C(O)CCO)c1. The summed E-state index contributed by atoms with van der Waals surface area (Å²) in [5.74, 6) is 1.07. The van der Waals surface area contributed by atoms with E-state index in [4.69, 9.17) is 14.6 Å². The molecule has 0 spiro atoms. The Bertz CT molecular complexity index is 330. The minimum atomic E-state index is -1.08. The Morgan fingerprint density at radius 3 is 2.00 bits per heavy atom. The first-order valence-corrected chi connectivity index (χ1v) is 5.32. The van der Waals surface area contributed by atoms with Crippen LogP contribution in [0.1, 0.15) is 18.1 Å². The minimum Gasteiger partial charge on any atom is -0.497 e. The zero-order chi connectivity index (χ0) is 12.8. The Kier molecular flexibility index (Phi) is 5.21. The van der Waals surface area contributed by atoms with Crippen molar-refractivity contribution < 1.29 is 24.8 Å². The maximum Gasteiger partial charge on any atom is 0.122 e. The molecule has 17 heavy (non-hydrogen) atoms. The minimum absolute atomic E-state index is 0.112. The van der Waals surface area contributed by atoms with Gasteiger partial charge in [-0.3, -0.25) is 0 Å². The Hall–Kier alpha value is -1.30. The molecule has 1 rings (SSSR count). The number of aliphatic hydroxyl groups is 3. The van der Waals surface area contributed by atoms with Gasteiger partial charge in [0.1, 0.15) is 17.6 Å². The van der Waals surface area contributed by atoms with Crippen LogP contribution in [-0.2, 0) is 0 Å². The van der Waals surface area contributed by atoms with Gasteiger partial charge in [-0.15, -0.1) is 0 Å². The second-order valence-corrected chi connectivity index (χ2v) is 3.67. The molecule has 2 unspecified atom stereocenters. The third-order valence-electron chi connectivity index (χ3n) is 2.50. The van der Waals surface area contributed by atoms with E-state index < -0.39 is 12.2 Å². The predicted molar refractivity (Wildman–Crippen MR) is 62.2 cm³/mol. The molecule has 0 heterocycles. The molecular weight excluding hydrogens is 224 g/mol. The molecule has 0 saturated carbocycles. The normalized spacial score (nSPS) is 14.2. The summed E-state index contributed by atoms with van der Waals surface area (Å²) in [5.41, 5.74) is 0.488. The van der Waals surface area contributed by atoms with Crippen molar-refractivity contribution in [3.63, 3.8) is 0 Å². The molecule has 0 aromatic heterocycles. The number of methoxy groups -OCH3 is 2. The zero-order valence-electron chi connectivity index (χ0n) is 9.96. The molecule has 0 fully saturated rings. The van der Waals surface area contributed by atoms with Crippen molar-refractivity contribution in [2.45, 2.75) is 18.6 Å². The van der Waals surface area contributed by atoms with Crippen molar-refractivity contribution in [2.75, 3.05) is 20.8 Å². The van der Waals surface area contributed by atoms with Crippen molar-refractivity contribution in [2.24, 2.45) is 0 Å². The molecule has 0 aliphatic carbocycles. The number of benzene rings is 1. The topological polar surface area (TPSA) is 79.2 Å². The van der Waals surface area contributed by atoms with Crippen LogP contribution in [0.5, 0.6) is 11.5 Å². The Balaban J connectivity index is 2.95. The van der Waals surface area contributed by atoms with Gasteiger partial charge >= 0.3 is 0 Å². The Morgan fingerprint density at radius 1 is 1.06 bits per heavy atom. The predicted octanol–water partition coefficient (Wildman–Crippen LogP) is 0.480. The largest absolute Gasteiger partial charge is 0.497 e. The maximum absolute atomic E-state index is 9.89. The average Bonchev–Trinajstić information content (AvgIpc) is 2.37. The fraction of sp³-hybridized carbons (Fsp3) is 0.500. The molecule has 1 aromatic carbocycles. The Morgan fingerprint density at radius 2 is 1.59 bits per heavy atom. The van der Waals surface area contributed by atoms with Gasteiger partial charge in [0, 0.05) is 12.7 Å². The lowest BCUT2D eigenvalue weighted by Crippen LogP contribution is -2.19. The first-order chi connectivity index (χ1) is 8.12. The van der Waals surface area contributed by atoms with E-state index in [-0.39, 0.29) is 13.0 Å². The maximum atomic E-state index is 9.89. The van der Waals surface area contributed by atoms with Crippen LogP contribution in [0.3, 0.4) is 0 Å². The fourth-order valence-electron chi connectivity index (χ4n) is 1.51. The summed E-state index contributed by atoms with van der Waals surface area (Å²) >= 11 is 0. The van der Waals surface area contributed by atoms with Crippen LogP contribution in [0, 0.1) is 0 Å². The van der Waals surface area contributed by atoms with Crippen molar-refractivity contribution in [1.82, 2.24) is 0 Å². The lowest BCUT2D eigenvalue weighted by atomic mass is 10.0. The molecular formula is C12H18O5. The number of rotatable bonds is 6. The van der Waals surface area contributed by atoms with Crippen LogP contribution in [0.2, 0.25) is 0 Å². The molecule has 0 aliphatic heterocycles. The first-order valence-electron chi connectivity index (χ1n) is 5.32. The lowest BCUT2D eigenvalue weighted by Gasteiger charge is -2.18. The van der Waals surface area contributed by atoms with Gasteiger partial charge in [-0.2, -0.15) is 0 Å². The molecule has 0 bridgehead atoms. The van der Waals surface area contributed by atoms with E-state index >= 15 is 0 Å². The zero-order valence-corrected chi connectivity index (χ0v) is 9.96. The van der Waals surface area contributed by atoms with Gasteiger partial charge in [0.25, 0.3) is 0 Å². The molecule has 3 N–H and O–H groups in total. The first kappa shape index (κ1) is 13.8. The number of hydrogen-bond acceptors (Lipinski definition) is 5. The average molecular weight is 242 g/mol. The van der Waals surface area contributed by atoms with Gasteiger partial charge in [-0.25, -0.2) is 0 Å². The number of ether oxygens (including phenoxy) is 2. The molecule has 0 saturated heterocycles. The van der Waals surface area contributed by atoms with Crippen LogP contribution in [-0.4, -0.2) is 42.3 Å². The summed E-state index contributed by atoms with van der Waals surface area (Å²) in [7, 11) is 3.02. The van der Waals surface area contributed by atoms with Gasteiger partial charge in [0.15, 0.2) is 0 Å². The van der Waals surface area contributed by atoms with E-state index in [1.165, 1.54) is 14.2 Å². The standard InChI is InChI=1S/C12H18O5/c1-16-9-5-8(6-10(7-9)17-2)12(15)11(14)3-4-13/h5-7,11-15H,3-4H2,1-2H3. The van der Waals surface area contributed by atoms with E-state index in [0.29, 0.717) is 17.1 Å². The monoisotopic (exact) mass is 242 g/mol. The third-order valence-corrected chi connectivity index (χ3v) is 2.50. The van der Waals surface area contributed by atoms with Crippen molar-refractivity contribution in [3.05, 3.63) is 23.8 Å². The quantitative estimate of drug-likeness (QED) is 0.676. The fourth-order valence-corrected chi connectivity index (χ4v) is 1.51. The van der Waals surface area contributed by atoms with Gasteiger partial charge < -0.3 is 24.8 Å². The van der Waals surface area contributed by atoms with Crippen LogP contribution >= 0.6 is 0 Å². The lowest BCUT2D eigenvalue weighted by molar-refractivity contribution is 0.00404. The van der Waals surface area contributed by atoms with Crippen LogP contribution in [0.4, 0.5) is 0 Å². The molecule has 1 aromatic rings. The smallest absolute Gasteiger partial charge is 0.122 e. The summed E-state index contributed by atoms with van der Waals surface area (Å²) in [4.78, 5) is 0. The highest BCUT2D eigenvalue weighted by molar-refractivity contribution is 5.39. The van der Waals surface area contributed by atoms with E-state index in [9.17, 15) is 10.2 Å². The summed E-state index contributed by atoms with van der Waals surface area (Å²) in [5, 5.41) is 28.2. The molecule has 5 heteroatoms. The van der Waals surface area contributed by atoms with E-state index in [1.807, 2.05) is 0 Å². The van der Waals surface area contributed by atoms with Gasteiger partial charge in [-0.1, -0.05) is 0 Å². The molecule has 5 nitrogen and oxygen atoms in total. The highest BCUT2D eigenvalue weighted by Gasteiger charge is 2.19. The molecule has 96 valence electrons.